The highest BCUT2D eigenvalue weighted by atomic mass is 35.5. The average Bonchev–Trinajstić information content (AvgIpc) is 2.92. The Labute approximate surface area is 253 Å². The number of amides is 2. The van der Waals surface area contributed by atoms with Gasteiger partial charge >= 0.3 is 0 Å². The molecular formula is C31H37Cl2N3O4S. The van der Waals surface area contributed by atoms with Gasteiger partial charge < -0.3 is 10.2 Å². The first-order chi connectivity index (χ1) is 19.4. The summed E-state index contributed by atoms with van der Waals surface area (Å²) in [5, 5.41) is 3.66. The van der Waals surface area contributed by atoms with Crippen LogP contribution >= 0.6 is 23.2 Å². The van der Waals surface area contributed by atoms with Crippen LogP contribution in [0.5, 0.6) is 0 Å². The zero-order valence-electron chi connectivity index (χ0n) is 24.0. The molecule has 0 aromatic heterocycles. The number of carbonyl (C=O) groups is 2. The monoisotopic (exact) mass is 617 g/mol. The third kappa shape index (κ3) is 8.03. The van der Waals surface area contributed by atoms with E-state index in [2.05, 4.69) is 5.32 Å². The number of sulfonamides is 1. The van der Waals surface area contributed by atoms with Gasteiger partial charge in [-0.05, 0) is 75.1 Å². The third-order valence-electron chi connectivity index (χ3n) is 6.70. The molecule has 0 aliphatic carbocycles. The molecule has 0 saturated heterocycles. The van der Waals surface area contributed by atoms with Crippen molar-refractivity contribution >= 4 is 50.7 Å². The maximum atomic E-state index is 14.2. The Hall–Kier alpha value is -3.07. The first-order valence-electron chi connectivity index (χ1n) is 13.6. The van der Waals surface area contributed by atoms with Gasteiger partial charge in [-0.1, -0.05) is 79.0 Å². The van der Waals surface area contributed by atoms with Crippen molar-refractivity contribution < 1.29 is 18.0 Å². The second-order valence-corrected chi connectivity index (χ2v) is 12.9. The quantitative estimate of drug-likeness (QED) is 0.255. The molecule has 0 bridgehead atoms. The Morgan fingerprint density at radius 2 is 1.59 bits per heavy atom. The molecular weight excluding hydrogens is 581 g/mol. The maximum Gasteiger partial charge on any atom is 0.264 e. The molecule has 0 heterocycles. The van der Waals surface area contributed by atoms with Crippen LogP contribution in [0.15, 0.2) is 71.6 Å². The fourth-order valence-electron chi connectivity index (χ4n) is 4.54. The highest BCUT2D eigenvalue weighted by Gasteiger charge is 2.34. The van der Waals surface area contributed by atoms with Gasteiger partial charge in [0, 0.05) is 22.6 Å². The van der Waals surface area contributed by atoms with Crippen molar-refractivity contribution in [2.24, 2.45) is 0 Å². The van der Waals surface area contributed by atoms with Crippen molar-refractivity contribution in [2.45, 2.75) is 71.0 Å². The van der Waals surface area contributed by atoms with Gasteiger partial charge in [0.1, 0.15) is 12.6 Å². The smallest absolute Gasteiger partial charge is 0.264 e. The highest BCUT2D eigenvalue weighted by molar-refractivity contribution is 7.92. The summed E-state index contributed by atoms with van der Waals surface area (Å²) in [5.41, 5.74) is 2.68. The predicted molar refractivity (Wildman–Crippen MR) is 166 cm³/mol. The summed E-state index contributed by atoms with van der Waals surface area (Å²) >= 11 is 12.6. The summed E-state index contributed by atoms with van der Waals surface area (Å²) < 4.78 is 29.3. The number of halogens is 2. The van der Waals surface area contributed by atoms with Gasteiger partial charge in [0.2, 0.25) is 11.8 Å². The van der Waals surface area contributed by atoms with Crippen LogP contribution in [0.2, 0.25) is 10.0 Å². The molecule has 3 rings (SSSR count). The lowest BCUT2D eigenvalue weighted by Crippen LogP contribution is -2.53. The number of hydrogen-bond donors (Lipinski definition) is 1. The van der Waals surface area contributed by atoms with Gasteiger partial charge in [-0.25, -0.2) is 8.42 Å². The van der Waals surface area contributed by atoms with E-state index in [9.17, 15) is 18.0 Å². The number of anilines is 1. The summed E-state index contributed by atoms with van der Waals surface area (Å²) in [7, 11) is -4.15. The molecule has 41 heavy (non-hydrogen) atoms. The van der Waals surface area contributed by atoms with E-state index in [0.29, 0.717) is 34.1 Å². The van der Waals surface area contributed by atoms with E-state index >= 15 is 0 Å². The van der Waals surface area contributed by atoms with Crippen molar-refractivity contribution in [1.82, 2.24) is 10.2 Å². The number of benzene rings is 3. The molecule has 1 N–H and O–H groups in total. The highest BCUT2D eigenvalue weighted by Crippen LogP contribution is 2.29. The lowest BCUT2D eigenvalue weighted by Gasteiger charge is -2.34. The second-order valence-electron chi connectivity index (χ2n) is 10.2. The Morgan fingerprint density at radius 1 is 0.927 bits per heavy atom. The van der Waals surface area contributed by atoms with Crippen LogP contribution in [0.3, 0.4) is 0 Å². The van der Waals surface area contributed by atoms with E-state index < -0.39 is 28.5 Å². The molecule has 0 spiro atoms. The lowest BCUT2D eigenvalue weighted by atomic mass is 10.1. The standard InChI is InChI=1S/C31H37Cl2N3O4S/c1-6-23-10-8-9-11-29(23)36(41(39,40)26-16-12-22(5)13-17-26)20-30(37)35(28(7-2)31(38)34-21(3)4)19-24-14-15-25(32)18-27(24)33/h8-18,21,28H,6-7,19-20H2,1-5H3,(H,34,38)/t28-/m0/s1. The predicted octanol–water partition coefficient (Wildman–Crippen LogP) is 6.39. The number of rotatable bonds is 12. The van der Waals surface area contributed by atoms with E-state index in [-0.39, 0.29) is 23.4 Å². The molecule has 0 fully saturated rings. The minimum atomic E-state index is -4.15. The topological polar surface area (TPSA) is 86.8 Å². The molecule has 10 heteroatoms. The van der Waals surface area contributed by atoms with Crippen molar-refractivity contribution in [1.29, 1.82) is 0 Å². The van der Waals surface area contributed by atoms with Gasteiger partial charge in [-0.3, -0.25) is 13.9 Å². The summed E-state index contributed by atoms with van der Waals surface area (Å²) in [6.45, 7) is 8.76. The van der Waals surface area contributed by atoms with Crippen LogP contribution in [-0.4, -0.2) is 43.8 Å². The van der Waals surface area contributed by atoms with E-state index in [1.54, 1.807) is 42.5 Å². The largest absolute Gasteiger partial charge is 0.352 e. The fraction of sp³-hybridized carbons (Fsp3) is 0.355. The lowest BCUT2D eigenvalue weighted by molar-refractivity contribution is -0.140. The molecule has 0 unspecified atom stereocenters. The van der Waals surface area contributed by atoms with E-state index in [1.165, 1.54) is 17.0 Å². The van der Waals surface area contributed by atoms with Crippen LogP contribution in [0.4, 0.5) is 5.69 Å². The number of aryl methyl sites for hydroxylation is 2. The number of carbonyl (C=O) groups excluding carboxylic acids is 2. The molecule has 0 aliphatic heterocycles. The Morgan fingerprint density at radius 3 is 2.17 bits per heavy atom. The van der Waals surface area contributed by atoms with Crippen LogP contribution < -0.4 is 9.62 Å². The van der Waals surface area contributed by atoms with Gasteiger partial charge in [0.25, 0.3) is 10.0 Å². The zero-order chi connectivity index (χ0) is 30.3. The van der Waals surface area contributed by atoms with Crippen LogP contribution in [-0.2, 0) is 32.6 Å². The normalized spacial score (nSPS) is 12.2. The molecule has 0 radical (unpaired) electrons. The van der Waals surface area contributed by atoms with E-state index in [4.69, 9.17) is 23.2 Å². The van der Waals surface area contributed by atoms with Crippen molar-refractivity contribution in [3.8, 4) is 0 Å². The van der Waals surface area contributed by atoms with Crippen molar-refractivity contribution in [3.63, 3.8) is 0 Å². The Kier molecular flexibility index (Phi) is 11.2. The maximum absolute atomic E-state index is 14.2. The number of hydrogen-bond acceptors (Lipinski definition) is 4. The Balaban J connectivity index is 2.12. The number of nitrogens with zero attached hydrogens (tertiary/aromatic N) is 2. The van der Waals surface area contributed by atoms with Crippen LogP contribution in [0.1, 0.15) is 50.8 Å². The van der Waals surface area contributed by atoms with Gasteiger partial charge in [0.15, 0.2) is 0 Å². The van der Waals surface area contributed by atoms with Gasteiger partial charge in [-0.15, -0.1) is 0 Å². The summed E-state index contributed by atoms with van der Waals surface area (Å²) in [6.07, 6.45) is 0.870. The zero-order valence-corrected chi connectivity index (χ0v) is 26.4. The summed E-state index contributed by atoms with van der Waals surface area (Å²) in [6, 6.07) is 17.5. The van der Waals surface area contributed by atoms with Crippen molar-refractivity contribution in [3.05, 3.63) is 93.5 Å². The summed E-state index contributed by atoms with van der Waals surface area (Å²) in [4.78, 5) is 28.9. The first-order valence-corrected chi connectivity index (χ1v) is 15.8. The van der Waals surface area contributed by atoms with Gasteiger partial charge in [-0.2, -0.15) is 0 Å². The second kappa shape index (κ2) is 14.2. The SMILES string of the molecule is CCc1ccccc1N(CC(=O)N(Cc1ccc(Cl)cc1Cl)[C@@H](CC)C(=O)NC(C)C)S(=O)(=O)c1ccc(C)cc1. The molecule has 0 saturated carbocycles. The average molecular weight is 619 g/mol. The molecule has 7 nitrogen and oxygen atoms in total. The Bertz CT molecular complexity index is 1480. The molecule has 220 valence electrons. The molecule has 3 aromatic carbocycles. The number of nitrogens with one attached hydrogen (secondary N) is 1. The molecule has 3 aromatic rings. The minimum absolute atomic E-state index is 0.00724. The van der Waals surface area contributed by atoms with E-state index in [0.717, 1.165) is 15.4 Å². The molecule has 0 aliphatic rings. The van der Waals surface area contributed by atoms with E-state index in [1.807, 2.05) is 46.8 Å². The van der Waals surface area contributed by atoms with Gasteiger partial charge in [0.05, 0.1) is 10.6 Å². The van der Waals surface area contributed by atoms with Crippen molar-refractivity contribution in [2.75, 3.05) is 10.8 Å². The third-order valence-corrected chi connectivity index (χ3v) is 9.06. The molecule has 1 atom stereocenters. The van der Waals surface area contributed by atoms with Crippen LogP contribution in [0, 0.1) is 6.92 Å². The van der Waals surface area contributed by atoms with Crippen LogP contribution in [0.25, 0.3) is 0 Å². The number of para-hydroxylation sites is 1. The summed E-state index contributed by atoms with van der Waals surface area (Å²) in [5.74, 6) is -0.869. The first kappa shape index (κ1) is 32.4. The minimum Gasteiger partial charge on any atom is -0.352 e. The molecule has 2 amide bonds. The fourth-order valence-corrected chi connectivity index (χ4v) is 6.46.